The largest absolute Gasteiger partial charge is 0.394 e. The van der Waals surface area contributed by atoms with Crippen LogP contribution >= 0.6 is 0 Å². The maximum Gasteiger partial charge on any atom is 0.0650 e. The molecule has 0 heterocycles. The van der Waals surface area contributed by atoms with Gasteiger partial charge in [0.1, 0.15) is 0 Å². The van der Waals surface area contributed by atoms with Crippen LogP contribution in [0.1, 0.15) is 44.4 Å². The van der Waals surface area contributed by atoms with Crippen LogP contribution in [-0.2, 0) is 6.42 Å². The molecule has 18 heavy (non-hydrogen) atoms. The number of benzene rings is 1. The van der Waals surface area contributed by atoms with Gasteiger partial charge in [-0.25, -0.2) is 0 Å². The molecule has 102 valence electrons. The summed E-state index contributed by atoms with van der Waals surface area (Å²) in [7, 11) is 0. The van der Waals surface area contributed by atoms with Gasteiger partial charge in [-0.1, -0.05) is 38.1 Å². The normalized spacial score (nSPS) is 13.6. The van der Waals surface area contributed by atoms with Crippen molar-refractivity contribution in [3.63, 3.8) is 0 Å². The molecule has 0 aliphatic rings. The number of aliphatic hydroxyl groups is 2. The third-order valence-corrected chi connectivity index (χ3v) is 3.69. The van der Waals surface area contributed by atoms with Crippen LogP contribution in [-0.4, -0.2) is 29.0 Å². The zero-order valence-corrected chi connectivity index (χ0v) is 11.6. The Kier molecular flexibility index (Phi) is 5.79. The molecule has 1 unspecified atom stereocenters. The lowest BCUT2D eigenvalue weighted by Crippen LogP contribution is -2.52. The number of hydrogen-bond donors (Lipinski definition) is 3. The monoisotopic (exact) mass is 251 g/mol. The first kappa shape index (κ1) is 15.2. The summed E-state index contributed by atoms with van der Waals surface area (Å²) in [5, 5.41) is 22.2. The van der Waals surface area contributed by atoms with E-state index in [-0.39, 0.29) is 19.3 Å². The predicted octanol–water partition coefficient (Wildman–Crippen LogP) is 2.03. The van der Waals surface area contributed by atoms with Gasteiger partial charge in [-0.2, -0.15) is 0 Å². The summed E-state index contributed by atoms with van der Waals surface area (Å²) < 4.78 is 0. The van der Waals surface area contributed by atoms with Crippen molar-refractivity contribution < 1.29 is 10.2 Å². The van der Waals surface area contributed by atoms with E-state index in [1.807, 2.05) is 6.92 Å². The Morgan fingerprint density at radius 1 is 1.11 bits per heavy atom. The summed E-state index contributed by atoms with van der Waals surface area (Å²) in [4.78, 5) is 0. The Balaban J connectivity index is 2.76. The van der Waals surface area contributed by atoms with Crippen LogP contribution in [0.2, 0.25) is 0 Å². The Morgan fingerprint density at radius 2 is 1.67 bits per heavy atom. The van der Waals surface area contributed by atoms with Crippen molar-refractivity contribution in [1.29, 1.82) is 0 Å². The second-order valence-electron chi connectivity index (χ2n) is 4.91. The van der Waals surface area contributed by atoms with Crippen molar-refractivity contribution in [2.45, 2.75) is 45.2 Å². The lowest BCUT2D eigenvalue weighted by molar-refractivity contribution is 0.0793. The Morgan fingerprint density at radius 3 is 2.06 bits per heavy atom. The van der Waals surface area contributed by atoms with Crippen LogP contribution in [0.25, 0.3) is 0 Å². The lowest BCUT2D eigenvalue weighted by atomic mass is 9.95. The van der Waals surface area contributed by atoms with E-state index < -0.39 is 5.54 Å². The summed E-state index contributed by atoms with van der Waals surface area (Å²) in [5.41, 5.74) is 1.90. The standard InChI is InChI=1S/C15H25NO2/c1-4-13-6-8-14(9-7-13)12(3)16-15(5-2,10-17)11-18/h6-9,12,16-18H,4-5,10-11H2,1-3H3. The quantitative estimate of drug-likeness (QED) is 0.695. The molecule has 0 saturated heterocycles. The maximum absolute atomic E-state index is 9.43. The molecule has 0 aromatic heterocycles. The zero-order valence-electron chi connectivity index (χ0n) is 11.6. The van der Waals surface area contributed by atoms with Gasteiger partial charge in [-0.15, -0.1) is 0 Å². The Bertz CT molecular complexity index is 336. The molecule has 0 radical (unpaired) electrons. The molecule has 0 saturated carbocycles. The van der Waals surface area contributed by atoms with Gasteiger partial charge in [0.25, 0.3) is 0 Å². The van der Waals surface area contributed by atoms with Crippen LogP contribution < -0.4 is 5.32 Å². The first-order chi connectivity index (χ1) is 8.60. The minimum atomic E-state index is -0.594. The number of nitrogens with one attached hydrogen (secondary N) is 1. The molecule has 1 aromatic rings. The second kappa shape index (κ2) is 6.88. The number of rotatable bonds is 7. The fourth-order valence-electron chi connectivity index (χ4n) is 2.05. The van der Waals surface area contributed by atoms with E-state index in [9.17, 15) is 10.2 Å². The molecule has 1 aromatic carbocycles. The van der Waals surface area contributed by atoms with Gasteiger partial charge in [0, 0.05) is 6.04 Å². The van der Waals surface area contributed by atoms with Crippen molar-refractivity contribution in [2.75, 3.05) is 13.2 Å². The molecule has 0 aliphatic heterocycles. The van der Waals surface area contributed by atoms with E-state index in [2.05, 4.69) is 43.4 Å². The van der Waals surface area contributed by atoms with Gasteiger partial charge >= 0.3 is 0 Å². The van der Waals surface area contributed by atoms with Crippen LogP contribution in [0.15, 0.2) is 24.3 Å². The highest BCUT2D eigenvalue weighted by Gasteiger charge is 2.28. The highest BCUT2D eigenvalue weighted by molar-refractivity contribution is 5.25. The molecule has 3 N–H and O–H groups in total. The molecule has 0 fully saturated rings. The van der Waals surface area contributed by atoms with Gasteiger partial charge in [-0.05, 0) is 30.9 Å². The number of aliphatic hydroxyl groups excluding tert-OH is 2. The fourth-order valence-corrected chi connectivity index (χ4v) is 2.05. The minimum absolute atomic E-state index is 0.0582. The Labute approximate surface area is 110 Å². The van der Waals surface area contributed by atoms with Crippen molar-refractivity contribution >= 4 is 0 Å². The number of aryl methyl sites for hydroxylation is 1. The summed E-state index contributed by atoms with van der Waals surface area (Å²) in [6, 6.07) is 8.56. The van der Waals surface area contributed by atoms with E-state index in [0.717, 1.165) is 6.42 Å². The fraction of sp³-hybridized carbons (Fsp3) is 0.600. The van der Waals surface area contributed by atoms with Crippen molar-refractivity contribution in [3.8, 4) is 0 Å². The molecule has 0 aliphatic carbocycles. The second-order valence-corrected chi connectivity index (χ2v) is 4.91. The van der Waals surface area contributed by atoms with Crippen molar-refractivity contribution in [1.82, 2.24) is 5.32 Å². The first-order valence-electron chi connectivity index (χ1n) is 6.69. The van der Waals surface area contributed by atoms with E-state index in [0.29, 0.717) is 6.42 Å². The lowest BCUT2D eigenvalue weighted by Gasteiger charge is -2.33. The molecule has 0 amide bonds. The molecule has 1 rings (SSSR count). The first-order valence-corrected chi connectivity index (χ1v) is 6.69. The molecule has 3 nitrogen and oxygen atoms in total. The summed E-state index contributed by atoms with van der Waals surface area (Å²) in [5.74, 6) is 0. The third kappa shape index (κ3) is 3.55. The summed E-state index contributed by atoms with van der Waals surface area (Å²) >= 11 is 0. The molecule has 3 heteroatoms. The van der Waals surface area contributed by atoms with Crippen LogP contribution in [0.5, 0.6) is 0 Å². The summed E-state index contributed by atoms with van der Waals surface area (Å²) in [6.45, 7) is 6.04. The molecule has 1 atom stereocenters. The van der Waals surface area contributed by atoms with Gasteiger partial charge in [0.05, 0.1) is 18.8 Å². The topological polar surface area (TPSA) is 52.5 Å². The van der Waals surface area contributed by atoms with Gasteiger partial charge in [0.15, 0.2) is 0 Å². The average Bonchev–Trinajstić information content (AvgIpc) is 2.45. The zero-order chi connectivity index (χ0) is 13.6. The van der Waals surface area contributed by atoms with Crippen LogP contribution in [0.3, 0.4) is 0 Å². The molecular formula is C15H25NO2. The Hall–Kier alpha value is -0.900. The molecule has 0 bridgehead atoms. The van der Waals surface area contributed by atoms with Crippen molar-refractivity contribution in [2.24, 2.45) is 0 Å². The number of hydrogen-bond acceptors (Lipinski definition) is 3. The van der Waals surface area contributed by atoms with E-state index in [4.69, 9.17) is 0 Å². The smallest absolute Gasteiger partial charge is 0.0650 e. The molecule has 0 spiro atoms. The highest BCUT2D eigenvalue weighted by Crippen LogP contribution is 2.19. The highest BCUT2D eigenvalue weighted by atomic mass is 16.3. The van der Waals surface area contributed by atoms with Crippen LogP contribution in [0.4, 0.5) is 0 Å². The SMILES string of the molecule is CCc1ccc(C(C)NC(CC)(CO)CO)cc1. The third-order valence-electron chi connectivity index (χ3n) is 3.69. The van der Waals surface area contributed by atoms with E-state index in [1.54, 1.807) is 0 Å². The van der Waals surface area contributed by atoms with Gasteiger partial charge < -0.3 is 15.5 Å². The van der Waals surface area contributed by atoms with Gasteiger partial charge in [0.2, 0.25) is 0 Å². The predicted molar refractivity (Wildman–Crippen MR) is 74.6 cm³/mol. The van der Waals surface area contributed by atoms with Crippen molar-refractivity contribution in [3.05, 3.63) is 35.4 Å². The van der Waals surface area contributed by atoms with Crippen LogP contribution in [0, 0.1) is 0 Å². The maximum atomic E-state index is 9.43. The van der Waals surface area contributed by atoms with Gasteiger partial charge in [-0.3, -0.25) is 0 Å². The summed E-state index contributed by atoms with van der Waals surface area (Å²) in [6.07, 6.45) is 1.73. The molecular weight excluding hydrogens is 226 g/mol. The van der Waals surface area contributed by atoms with E-state index in [1.165, 1.54) is 11.1 Å². The average molecular weight is 251 g/mol. The van der Waals surface area contributed by atoms with E-state index >= 15 is 0 Å². The minimum Gasteiger partial charge on any atom is -0.394 e.